The van der Waals surface area contributed by atoms with Crippen LogP contribution < -0.4 is 4.90 Å². The summed E-state index contributed by atoms with van der Waals surface area (Å²) in [6.07, 6.45) is 1.40. The normalized spacial score (nSPS) is 27.1. The number of halogens is 1. The molecule has 0 radical (unpaired) electrons. The summed E-state index contributed by atoms with van der Waals surface area (Å²) in [5, 5.41) is 20.7. The van der Waals surface area contributed by atoms with Gasteiger partial charge in [0.1, 0.15) is 5.82 Å². The summed E-state index contributed by atoms with van der Waals surface area (Å²) >= 11 is 0. The molecule has 0 bridgehead atoms. The van der Waals surface area contributed by atoms with Crippen LogP contribution >= 0.6 is 0 Å². The van der Waals surface area contributed by atoms with Crippen LogP contribution in [0.4, 0.5) is 14.9 Å². The quantitative estimate of drug-likeness (QED) is 0.469. The lowest BCUT2D eigenvalue weighted by molar-refractivity contribution is -0.129. The summed E-state index contributed by atoms with van der Waals surface area (Å²) < 4.78 is 19.2. The molecule has 46 heavy (non-hydrogen) atoms. The van der Waals surface area contributed by atoms with Crippen molar-refractivity contribution in [1.82, 2.24) is 19.7 Å². The molecule has 2 fully saturated rings. The Morgan fingerprint density at radius 1 is 1.11 bits per heavy atom. The molecule has 252 valence electrons. The SMILES string of the molecule is CC1(C)CN(C(=O)CN2C[C@@](C)(C(C)(C)C)N(C(=O)O)C[C@@H]2CN2CCOCC2(C)CO)c2cc(Cc3ccc(F)cc3)ncc21. The Bertz CT molecular complexity index is 1450. The predicted octanol–water partition coefficient (Wildman–Crippen LogP) is 3.99. The van der Waals surface area contributed by atoms with Gasteiger partial charge in [-0.1, -0.05) is 46.8 Å². The molecule has 3 aliphatic heterocycles. The highest BCUT2D eigenvalue weighted by atomic mass is 19.1. The lowest BCUT2D eigenvalue weighted by Crippen LogP contribution is -2.73. The van der Waals surface area contributed by atoms with Gasteiger partial charge in [-0.05, 0) is 43.0 Å². The van der Waals surface area contributed by atoms with Crippen LogP contribution in [0.2, 0.25) is 0 Å². The highest BCUT2D eigenvalue weighted by molar-refractivity contribution is 5.97. The third kappa shape index (κ3) is 6.52. The van der Waals surface area contributed by atoms with E-state index >= 15 is 0 Å². The van der Waals surface area contributed by atoms with Gasteiger partial charge in [-0.15, -0.1) is 0 Å². The number of rotatable bonds is 7. The smallest absolute Gasteiger partial charge is 0.407 e. The highest BCUT2D eigenvalue weighted by Gasteiger charge is 2.52. The van der Waals surface area contributed by atoms with Gasteiger partial charge < -0.3 is 19.8 Å². The zero-order valence-electron chi connectivity index (χ0n) is 28.3. The van der Waals surface area contributed by atoms with Crippen molar-refractivity contribution in [2.45, 2.75) is 77.4 Å². The zero-order valence-corrected chi connectivity index (χ0v) is 28.3. The number of anilines is 1. The molecule has 1 aromatic carbocycles. The Kier molecular flexibility index (Phi) is 9.29. The van der Waals surface area contributed by atoms with Crippen LogP contribution in [0.25, 0.3) is 0 Å². The Morgan fingerprint density at radius 3 is 2.43 bits per heavy atom. The van der Waals surface area contributed by atoms with E-state index in [1.807, 2.05) is 51.8 Å². The topological polar surface area (TPSA) is 110 Å². The van der Waals surface area contributed by atoms with Crippen LogP contribution in [0.5, 0.6) is 0 Å². The van der Waals surface area contributed by atoms with Crippen molar-refractivity contribution in [1.29, 1.82) is 0 Å². The fraction of sp³-hybridized carbons (Fsp3) is 0.629. The van der Waals surface area contributed by atoms with Gasteiger partial charge in [-0.25, -0.2) is 9.18 Å². The molecule has 10 nitrogen and oxygen atoms in total. The number of amides is 2. The van der Waals surface area contributed by atoms with Crippen molar-refractivity contribution < 1.29 is 28.9 Å². The van der Waals surface area contributed by atoms with Gasteiger partial charge in [0, 0.05) is 68.1 Å². The maximum atomic E-state index is 14.4. The summed E-state index contributed by atoms with van der Waals surface area (Å²) in [5.41, 5.74) is 1.51. The number of aliphatic hydroxyl groups excluding tert-OH is 1. The zero-order chi connectivity index (χ0) is 33.7. The van der Waals surface area contributed by atoms with Crippen LogP contribution in [0.15, 0.2) is 36.5 Å². The number of carboxylic acid groups (broad SMARTS) is 1. The van der Waals surface area contributed by atoms with E-state index in [2.05, 4.69) is 23.6 Å². The van der Waals surface area contributed by atoms with E-state index in [9.17, 15) is 24.2 Å². The van der Waals surface area contributed by atoms with Crippen LogP contribution in [0.3, 0.4) is 0 Å². The number of nitrogens with zero attached hydrogens (tertiary/aromatic N) is 5. The number of pyridine rings is 1. The molecule has 4 heterocycles. The van der Waals surface area contributed by atoms with Gasteiger partial charge in [0.2, 0.25) is 5.91 Å². The first-order valence-electron chi connectivity index (χ1n) is 16.2. The van der Waals surface area contributed by atoms with Gasteiger partial charge in [-0.2, -0.15) is 0 Å². The van der Waals surface area contributed by atoms with Crippen molar-refractivity contribution in [2.75, 3.05) is 64.0 Å². The minimum Gasteiger partial charge on any atom is -0.465 e. The first kappa shape index (κ1) is 34.2. The number of morpholine rings is 1. The van der Waals surface area contributed by atoms with Gasteiger partial charge in [0.15, 0.2) is 0 Å². The number of carbonyl (C=O) groups excluding carboxylic acids is 1. The lowest BCUT2D eigenvalue weighted by Gasteiger charge is -2.58. The first-order valence-corrected chi connectivity index (χ1v) is 16.2. The summed E-state index contributed by atoms with van der Waals surface area (Å²) in [5.74, 6) is -0.341. The molecule has 1 unspecified atom stereocenters. The molecule has 2 N–H and O–H groups in total. The Balaban J connectivity index is 1.45. The third-order valence-electron chi connectivity index (χ3n) is 10.8. The maximum absolute atomic E-state index is 14.4. The van der Waals surface area contributed by atoms with Crippen molar-refractivity contribution in [3.8, 4) is 0 Å². The largest absolute Gasteiger partial charge is 0.465 e. The summed E-state index contributed by atoms with van der Waals surface area (Å²) in [4.78, 5) is 39.5. The average molecular weight is 640 g/mol. The van der Waals surface area contributed by atoms with Crippen molar-refractivity contribution >= 4 is 17.7 Å². The number of hydrogen-bond acceptors (Lipinski definition) is 7. The van der Waals surface area contributed by atoms with Gasteiger partial charge in [0.05, 0.1) is 43.1 Å². The fourth-order valence-corrected chi connectivity index (χ4v) is 7.15. The highest BCUT2D eigenvalue weighted by Crippen LogP contribution is 2.42. The summed E-state index contributed by atoms with van der Waals surface area (Å²) in [6.45, 7) is 17.5. The molecule has 2 aromatic rings. The van der Waals surface area contributed by atoms with E-state index in [1.54, 1.807) is 17.0 Å². The molecule has 5 rings (SSSR count). The Hall–Kier alpha value is -3.12. The van der Waals surface area contributed by atoms with Crippen LogP contribution in [0.1, 0.15) is 65.3 Å². The fourth-order valence-electron chi connectivity index (χ4n) is 7.15. The molecular formula is C35H50FN5O5. The van der Waals surface area contributed by atoms with Crippen molar-refractivity contribution in [2.24, 2.45) is 5.41 Å². The average Bonchev–Trinajstić information content (AvgIpc) is 3.25. The molecule has 0 aliphatic carbocycles. The number of hydrogen-bond donors (Lipinski definition) is 2. The molecule has 2 amide bonds. The van der Waals surface area contributed by atoms with Crippen molar-refractivity contribution in [3.05, 3.63) is 59.2 Å². The monoisotopic (exact) mass is 639 g/mol. The molecule has 0 saturated carbocycles. The minimum atomic E-state index is -0.975. The van der Waals surface area contributed by atoms with E-state index in [1.165, 1.54) is 12.1 Å². The first-order chi connectivity index (χ1) is 21.5. The molecule has 3 aliphatic rings. The van der Waals surface area contributed by atoms with Crippen LogP contribution in [-0.2, 0) is 21.4 Å². The number of benzene rings is 1. The second kappa shape index (κ2) is 12.5. The molecule has 11 heteroatoms. The predicted molar refractivity (Wildman–Crippen MR) is 175 cm³/mol. The van der Waals surface area contributed by atoms with Gasteiger partial charge in [-0.3, -0.25) is 24.5 Å². The van der Waals surface area contributed by atoms with Gasteiger partial charge in [0.25, 0.3) is 0 Å². The molecule has 2 saturated heterocycles. The lowest BCUT2D eigenvalue weighted by atomic mass is 9.71. The Labute approximate surface area is 272 Å². The number of piperazine rings is 1. The molecular weight excluding hydrogens is 589 g/mol. The third-order valence-corrected chi connectivity index (χ3v) is 10.8. The Morgan fingerprint density at radius 2 is 1.80 bits per heavy atom. The molecule has 1 aromatic heterocycles. The second-order valence-electron chi connectivity index (χ2n) is 15.5. The second-order valence-corrected chi connectivity index (χ2v) is 15.5. The van der Waals surface area contributed by atoms with E-state index in [4.69, 9.17) is 9.72 Å². The number of aliphatic hydroxyl groups is 1. The molecule has 3 atom stereocenters. The van der Waals surface area contributed by atoms with Crippen LogP contribution in [-0.4, -0.2) is 118 Å². The van der Waals surface area contributed by atoms with Crippen molar-refractivity contribution in [3.63, 3.8) is 0 Å². The van der Waals surface area contributed by atoms with Crippen LogP contribution in [0, 0.1) is 11.2 Å². The number of ether oxygens (including phenoxy) is 1. The van der Waals surface area contributed by atoms with E-state index in [0.29, 0.717) is 45.8 Å². The summed E-state index contributed by atoms with van der Waals surface area (Å²) in [6, 6.07) is 8.07. The van der Waals surface area contributed by atoms with E-state index in [0.717, 1.165) is 22.5 Å². The van der Waals surface area contributed by atoms with E-state index in [-0.39, 0.29) is 42.9 Å². The number of carbonyl (C=O) groups is 2. The summed E-state index contributed by atoms with van der Waals surface area (Å²) in [7, 11) is 0. The molecule has 0 spiro atoms. The van der Waals surface area contributed by atoms with E-state index < -0.39 is 22.6 Å². The number of fused-ring (bicyclic) bond motifs is 1. The standard InChI is InChI=1S/C35H50FN5O5/c1-32(2,3)35(7)21-38(27(18-41(35)31(44)45)17-39-12-13-46-23-34(39,6)22-42)19-30(43)40-20-33(4,5)28-16-37-26(15-29(28)40)14-24-8-10-25(36)11-9-24/h8-11,15-16,27,42H,12-14,17-23H2,1-7H3,(H,44,45)/t27-,34?,35-/m0/s1. The van der Waals surface area contributed by atoms with Gasteiger partial charge >= 0.3 is 6.09 Å². The maximum Gasteiger partial charge on any atom is 0.407 e. The number of aromatic nitrogens is 1. The minimum absolute atomic E-state index is 0.0531.